The van der Waals surface area contributed by atoms with Crippen molar-refractivity contribution in [1.29, 1.82) is 0 Å². The summed E-state index contributed by atoms with van der Waals surface area (Å²) in [5.74, 6) is 2.02. The van der Waals surface area contributed by atoms with Crippen molar-refractivity contribution >= 4 is 11.6 Å². The Morgan fingerprint density at radius 2 is 1.81 bits per heavy atom. The standard InChI is InChI=1S/C22H25N9/c1-29(2)22-24-12-16(13-25-22)15-30-10-7-17(8-11-30)21-27-26-20-6-5-19(28-31(20)21)18-4-3-9-23-14-18/h3-6,9,12-14,17H,7-8,10-11,15H2,1-2H3. The fourth-order valence-electron chi connectivity index (χ4n) is 4.00. The molecule has 31 heavy (non-hydrogen) atoms. The highest BCUT2D eigenvalue weighted by Gasteiger charge is 2.25. The normalized spacial score (nSPS) is 15.4. The molecule has 1 aliphatic heterocycles. The maximum absolute atomic E-state index is 4.81. The number of fused-ring (bicyclic) bond motifs is 1. The Bertz CT molecular complexity index is 1150. The van der Waals surface area contributed by atoms with Gasteiger partial charge in [0.1, 0.15) is 0 Å². The lowest BCUT2D eigenvalue weighted by Gasteiger charge is -2.30. The average molecular weight is 416 g/mol. The zero-order valence-corrected chi connectivity index (χ0v) is 17.8. The number of hydrogen-bond acceptors (Lipinski definition) is 8. The van der Waals surface area contributed by atoms with Crippen molar-refractivity contribution in [1.82, 2.24) is 39.7 Å². The van der Waals surface area contributed by atoms with Crippen molar-refractivity contribution in [3.63, 3.8) is 0 Å². The number of anilines is 1. The summed E-state index contributed by atoms with van der Waals surface area (Å²) in [5, 5.41) is 13.6. The average Bonchev–Trinajstić information content (AvgIpc) is 3.24. The molecule has 0 spiro atoms. The molecular formula is C22H25N9. The SMILES string of the molecule is CN(C)c1ncc(CN2CCC(c3nnc4ccc(-c5cccnc5)nn34)CC2)cn1. The molecule has 1 saturated heterocycles. The maximum Gasteiger partial charge on any atom is 0.224 e. The Hall–Kier alpha value is -3.46. The number of likely N-dealkylation sites (tertiary alicyclic amines) is 1. The Morgan fingerprint density at radius 3 is 2.52 bits per heavy atom. The Labute approximate surface area is 180 Å². The first kappa shape index (κ1) is 19.5. The van der Waals surface area contributed by atoms with E-state index >= 15 is 0 Å². The second-order valence-corrected chi connectivity index (χ2v) is 8.12. The van der Waals surface area contributed by atoms with E-state index in [9.17, 15) is 0 Å². The first-order valence-electron chi connectivity index (χ1n) is 10.5. The Morgan fingerprint density at radius 1 is 1.00 bits per heavy atom. The van der Waals surface area contributed by atoms with Crippen molar-refractivity contribution < 1.29 is 0 Å². The maximum atomic E-state index is 4.81. The summed E-state index contributed by atoms with van der Waals surface area (Å²) >= 11 is 0. The fourth-order valence-corrected chi connectivity index (χ4v) is 4.00. The summed E-state index contributed by atoms with van der Waals surface area (Å²) in [6, 6.07) is 7.87. The van der Waals surface area contributed by atoms with E-state index in [4.69, 9.17) is 5.10 Å². The van der Waals surface area contributed by atoms with Gasteiger partial charge in [0.25, 0.3) is 0 Å². The molecule has 4 aromatic rings. The van der Waals surface area contributed by atoms with Crippen LogP contribution in [0.4, 0.5) is 5.95 Å². The number of piperidine rings is 1. The van der Waals surface area contributed by atoms with Crippen LogP contribution in [-0.2, 0) is 6.54 Å². The molecule has 1 fully saturated rings. The third-order valence-electron chi connectivity index (χ3n) is 5.69. The zero-order valence-electron chi connectivity index (χ0n) is 17.8. The highest BCUT2D eigenvalue weighted by Crippen LogP contribution is 2.28. The van der Waals surface area contributed by atoms with Crippen molar-refractivity contribution in [2.24, 2.45) is 0 Å². The quantitative estimate of drug-likeness (QED) is 0.491. The molecule has 1 aliphatic rings. The van der Waals surface area contributed by atoms with Crippen LogP contribution in [0.2, 0.25) is 0 Å². The van der Waals surface area contributed by atoms with Crippen LogP contribution >= 0.6 is 0 Å². The second kappa shape index (κ2) is 8.35. The zero-order chi connectivity index (χ0) is 21.2. The van der Waals surface area contributed by atoms with Gasteiger partial charge in [-0.1, -0.05) is 0 Å². The van der Waals surface area contributed by atoms with Crippen molar-refractivity contribution in [2.75, 3.05) is 32.1 Å². The third-order valence-corrected chi connectivity index (χ3v) is 5.69. The molecule has 0 atom stereocenters. The van der Waals surface area contributed by atoms with Gasteiger partial charge in [-0.05, 0) is 50.2 Å². The fraction of sp³-hybridized carbons (Fsp3) is 0.364. The third kappa shape index (κ3) is 4.09. The largest absolute Gasteiger partial charge is 0.347 e. The molecule has 0 saturated carbocycles. The van der Waals surface area contributed by atoms with E-state index in [0.717, 1.165) is 66.7 Å². The summed E-state index contributed by atoms with van der Waals surface area (Å²) in [6.07, 6.45) is 9.48. The molecule has 0 N–H and O–H groups in total. The van der Waals surface area contributed by atoms with Gasteiger partial charge in [0.2, 0.25) is 5.95 Å². The summed E-state index contributed by atoms with van der Waals surface area (Å²) in [7, 11) is 3.89. The van der Waals surface area contributed by atoms with Gasteiger partial charge >= 0.3 is 0 Å². The lowest BCUT2D eigenvalue weighted by Crippen LogP contribution is -2.33. The summed E-state index contributed by atoms with van der Waals surface area (Å²) in [4.78, 5) is 17.4. The number of rotatable bonds is 5. The van der Waals surface area contributed by atoms with Gasteiger partial charge in [0, 0.05) is 62.5 Å². The van der Waals surface area contributed by atoms with E-state index in [1.54, 1.807) is 6.20 Å². The lowest BCUT2D eigenvalue weighted by molar-refractivity contribution is 0.200. The molecule has 0 aromatic carbocycles. The highest BCUT2D eigenvalue weighted by atomic mass is 15.4. The van der Waals surface area contributed by atoms with Gasteiger partial charge in [0.15, 0.2) is 11.5 Å². The van der Waals surface area contributed by atoms with Crippen molar-refractivity contribution in [3.8, 4) is 11.3 Å². The smallest absolute Gasteiger partial charge is 0.224 e. The monoisotopic (exact) mass is 415 g/mol. The van der Waals surface area contributed by atoms with Crippen LogP contribution in [0.5, 0.6) is 0 Å². The molecule has 5 rings (SSSR count). The van der Waals surface area contributed by atoms with Crippen LogP contribution in [0.25, 0.3) is 16.9 Å². The molecular weight excluding hydrogens is 390 g/mol. The van der Waals surface area contributed by atoms with Crippen LogP contribution in [0.1, 0.15) is 30.1 Å². The number of nitrogens with zero attached hydrogens (tertiary/aromatic N) is 9. The van der Waals surface area contributed by atoms with Crippen LogP contribution in [0.15, 0.2) is 49.1 Å². The van der Waals surface area contributed by atoms with Crippen molar-refractivity contribution in [2.45, 2.75) is 25.3 Å². The minimum absolute atomic E-state index is 0.343. The molecule has 0 radical (unpaired) electrons. The summed E-state index contributed by atoms with van der Waals surface area (Å²) in [6.45, 7) is 2.86. The van der Waals surface area contributed by atoms with Gasteiger partial charge in [-0.2, -0.15) is 9.61 Å². The van der Waals surface area contributed by atoms with Crippen LogP contribution in [-0.4, -0.2) is 66.8 Å². The second-order valence-electron chi connectivity index (χ2n) is 8.12. The lowest BCUT2D eigenvalue weighted by atomic mass is 9.96. The topological polar surface area (TPSA) is 88.2 Å². The molecule has 0 bridgehead atoms. The molecule has 0 aliphatic carbocycles. The first-order chi connectivity index (χ1) is 15.2. The molecule has 9 heteroatoms. The molecule has 5 heterocycles. The van der Waals surface area contributed by atoms with Crippen LogP contribution < -0.4 is 4.90 Å². The highest BCUT2D eigenvalue weighted by molar-refractivity contribution is 5.58. The predicted molar refractivity (Wildman–Crippen MR) is 118 cm³/mol. The molecule has 4 aromatic heterocycles. The predicted octanol–water partition coefficient (Wildman–Crippen LogP) is 2.42. The Kier molecular flexibility index (Phi) is 5.25. The number of aromatic nitrogens is 7. The van der Waals surface area contributed by atoms with E-state index < -0.39 is 0 Å². The van der Waals surface area contributed by atoms with Gasteiger partial charge < -0.3 is 4.90 Å². The summed E-state index contributed by atoms with van der Waals surface area (Å²) in [5.41, 5.74) is 3.78. The van der Waals surface area contributed by atoms with Gasteiger partial charge in [-0.3, -0.25) is 9.88 Å². The molecule has 158 valence electrons. The summed E-state index contributed by atoms with van der Waals surface area (Å²) < 4.78 is 1.90. The number of pyridine rings is 1. The molecule has 9 nitrogen and oxygen atoms in total. The minimum atomic E-state index is 0.343. The minimum Gasteiger partial charge on any atom is -0.347 e. The number of hydrogen-bond donors (Lipinski definition) is 0. The van der Waals surface area contributed by atoms with E-state index in [2.05, 4.69) is 30.0 Å². The molecule has 0 unspecified atom stereocenters. The first-order valence-corrected chi connectivity index (χ1v) is 10.5. The van der Waals surface area contributed by atoms with Gasteiger partial charge in [0.05, 0.1) is 5.69 Å². The van der Waals surface area contributed by atoms with Gasteiger partial charge in [-0.15, -0.1) is 10.2 Å². The van der Waals surface area contributed by atoms with E-state index in [1.807, 2.05) is 66.4 Å². The Balaban J connectivity index is 1.28. The van der Waals surface area contributed by atoms with Crippen molar-refractivity contribution in [3.05, 3.63) is 60.4 Å². The van der Waals surface area contributed by atoms with Gasteiger partial charge in [-0.25, -0.2) is 9.97 Å². The van der Waals surface area contributed by atoms with E-state index in [0.29, 0.717) is 5.92 Å². The molecule has 0 amide bonds. The van der Waals surface area contributed by atoms with Crippen LogP contribution in [0, 0.1) is 0 Å². The van der Waals surface area contributed by atoms with E-state index in [1.165, 1.54) is 0 Å². The van der Waals surface area contributed by atoms with E-state index in [-0.39, 0.29) is 0 Å². The van der Waals surface area contributed by atoms with Crippen LogP contribution in [0.3, 0.4) is 0 Å².